The summed E-state index contributed by atoms with van der Waals surface area (Å²) in [5.41, 5.74) is 6.80. The Morgan fingerprint density at radius 3 is 2.67 bits per heavy atom. The Morgan fingerprint density at radius 2 is 2.05 bits per heavy atom. The van der Waals surface area contributed by atoms with E-state index in [1.807, 2.05) is 0 Å². The number of non-ortho nitro benzene ring substituents is 1. The van der Waals surface area contributed by atoms with Crippen LogP contribution in [0, 0.1) is 10.1 Å². The number of ether oxygens (including phenoxy) is 2. The van der Waals surface area contributed by atoms with E-state index in [1.165, 1.54) is 18.2 Å². The van der Waals surface area contributed by atoms with Crippen LogP contribution in [0.2, 0.25) is 0 Å². The highest BCUT2D eigenvalue weighted by Gasteiger charge is 2.10. The number of hydrogen-bond acceptors (Lipinski definition) is 5. The van der Waals surface area contributed by atoms with Gasteiger partial charge in [-0.2, -0.15) is 0 Å². The average Bonchev–Trinajstić information content (AvgIpc) is 2.47. The largest absolute Gasteiger partial charge is 0.497 e. The summed E-state index contributed by atoms with van der Waals surface area (Å²) in [6.07, 6.45) is 0. The molecule has 0 fully saturated rings. The maximum atomic E-state index is 10.8. The molecule has 2 aromatic rings. The number of nitrogen functional groups attached to an aromatic ring is 1. The number of hydrogen-bond donors (Lipinski definition) is 1. The molecule has 0 aliphatic rings. The lowest BCUT2D eigenvalue weighted by molar-refractivity contribution is -0.384. The van der Waals surface area contributed by atoms with Crippen LogP contribution in [0.15, 0.2) is 40.9 Å². The number of nitro benzene ring substituents is 1. The van der Waals surface area contributed by atoms with Crippen molar-refractivity contribution in [3.8, 4) is 11.5 Å². The average molecular weight is 353 g/mol. The van der Waals surface area contributed by atoms with Gasteiger partial charge in [-0.1, -0.05) is 0 Å². The van der Waals surface area contributed by atoms with Crippen LogP contribution in [0.4, 0.5) is 11.4 Å². The molecule has 2 rings (SSSR count). The Bertz CT molecular complexity index is 676. The lowest BCUT2D eigenvalue weighted by Crippen LogP contribution is -2.02. The second-order valence-electron chi connectivity index (χ2n) is 4.23. The highest BCUT2D eigenvalue weighted by Crippen LogP contribution is 2.30. The molecule has 0 amide bonds. The van der Waals surface area contributed by atoms with Crippen LogP contribution in [0.1, 0.15) is 5.56 Å². The second kappa shape index (κ2) is 6.45. The Kier molecular flexibility index (Phi) is 4.64. The van der Waals surface area contributed by atoms with Gasteiger partial charge in [0.2, 0.25) is 0 Å². The van der Waals surface area contributed by atoms with Gasteiger partial charge in [-0.15, -0.1) is 0 Å². The molecule has 110 valence electrons. The summed E-state index contributed by atoms with van der Waals surface area (Å²) < 4.78 is 11.5. The number of nitrogens with two attached hydrogens (primary N) is 1. The van der Waals surface area contributed by atoms with Crippen LogP contribution < -0.4 is 15.2 Å². The molecule has 2 N–H and O–H groups in total. The molecular weight excluding hydrogens is 340 g/mol. The van der Waals surface area contributed by atoms with E-state index in [4.69, 9.17) is 15.2 Å². The standard InChI is InChI=1S/C14H13BrN2O4/c1-20-11-3-5-14(12(15)7-11)21-8-9-6-10(17(18)19)2-4-13(9)16/h2-7H,8,16H2,1H3. The summed E-state index contributed by atoms with van der Waals surface area (Å²) >= 11 is 3.37. The lowest BCUT2D eigenvalue weighted by Gasteiger charge is -2.11. The Labute approximate surface area is 129 Å². The third-order valence-corrected chi connectivity index (χ3v) is 3.48. The van der Waals surface area contributed by atoms with E-state index in [-0.39, 0.29) is 12.3 Å². The molecule has 0 aliphatic carbocycles. The fourth-order valence-electron chi connectivity index (χ4n) is 1.71. The predicted molar refractivity (Wildman–Crippen MR) is 82.5 cm³/mol. The van der Waals surface area contributed by atoms with Gasteiger partial charge in [0.25, 0.3) is 5.69 Å². The zero-order valence-corrected chi connectivity index (χ0v) is 12.8. The topological polar surface area (TPSA) is 87.6 Å². The zero-order valence-electron chi connectivity index (χ0n) is 11.2. The third kappa shape index (κ3) is 3.63. The van der Waals surface area contributed by atoms with Gasteiger partial charge >= 0.3 is 0 Å². The Balaban J connectivity index is 2.16. The van der Waals surface area contributed by atoms with Crippen molar-refractivity contribution in [1.82, 2.24) is 0 Å². The minimum absolute atomic E-state index is 0.0170. The number of halogens is 1. The summed E-state index contributed by atoms with van der Waals surface area (Å²) in [5.74, 6) is 1.30. The van der Waals surface area contributed by atoms with Gasteiger partial charge in [-0.05, 0) is 40.2 Å². The van der Waals surface area contributed by atoms with Gasteiger partial charge in [0.1, 0.15) is 18.1 Å². The third-order valence-electron chi connectivity index (χ3n) is 2.86. The summed E-state index contributed by atoms with van der Waals surface area (Å²) in [7, 11) is 1.58. The Hall–Kier alpha value is -2.28. The van der Waals surface area contributed by atoms with Crippen LogP contribution in [0.5, 0.6) is 11.5 Å². The van der Waals surface area contributed by atoms with Crippen molar-refractivity contribution in [2.45, 2.75) is 6.61 Å². The minimum atomic E-state index is -0.466. The normalized spacial score (nSPS) is 10.2. The number of nitro groups is 1. The van der Waals surface area contributed by atoms with Crippen LogP contribution >= 0.6 is 15.9 Å². The van der Waals surface area contributed by atoms with Gasteiger partial charge in [0.05, 0.1) is 16.5 Å². The van der Waals surface area contributed by atoms with Crippen LogP contribution in [0.3, 0.4) is 0 Å². The van der Waals surface area contributed by atoms with E-state index in [0.29, 0.717) is 22.7 Å². The van der Waals surface area contributed by atoms with Gasteiger partial charge in [0.15, 0.2) is 0 Å². The van der Waals surface area contributed by atoms with E-state index >= 15 is 0 Å². The molecule has 0 aliphatic heterocycles. The molecule has 7 heteroatoms. The van der Waals surface area contributed by atoms with Gasteiger partial charge in [-0.25, -0.2) is 0 Å². The molecule has 0 aromatic heterocycles. The first-order valence-electron chi connectivity index (χ1n) is 6.00. The van der Waals surface area contributed by atoms with E-state index in [0.717, 1.165) is 4.47 Å². The van der Waals surface area contributed by atoms with Crippen molar-refractivity contribution in [1.29, 1.82) is 0 Å². The molecule has 2 aromatic carbocycles. The molecule has 0 saturated carbocycles. The maximum Gasteiger partial charge on any atom is 0.269 e. The monoisotopic (exact) mass is 352 g/mol. The second-order valence-corrected chi connectivity index (χ2v) is 5.08. The van der Waals surface area contributed by atoms with Crippen molar-refractivity contribution in [3.63, 3.8) is 0 Å². The molecule has 0 saturated heterocycles. The van der Waals surface area contributed by atoms with Crippen molar-refractivity contribution < 1.29 is 14.4 Å². The minimum Gasteiger partial charge on any atom is -0.497 e. The van der Waals surface area contributed by atoms with Gasteiger partial charge < -0.3 is 15.2 Å². The van der Waals surface area contributed by atoms with E-state index in [1.54, 1.807) is 25.3 Å². The summed E-state index contributed by atoms with van der Waals surface area (Å²) in [6, 6.07) is 9.55. The summed E-state index contributed by atoms with van der Waals surface area (Å²) in [4.78, 5) is 10.3. The molecular formula is C14H13BrN2O4. The SMILES string of the molecule is COc1ccc(OCc2cc([N+](=O)[O-])ccc2N)c(Br)c1. The molecule has 0 unspecified atom stereocenters. The quantitative estimate of drug-likeness (QED) is 0.505. The highest BCUT2D eigenvalue weighted by atomic mass is 79.9. The Morgan fingerprint density at radius 1 is 1.29 bits per heavy atom. The number of anilines is 1. The van der Waals surface area contributed by atoms with Gasteiger partial charge in [-0.3, -0.25) is 10.1 Å². The summed E-state index contributed by atoms with van der Waals surface area (Å²) in [5, 5.41) is 10.8. The van der Waals surface area contributed by atoms with Crippen LogP contribution in [-0.2, 0) is 6.61 Å². The first-order chi connectivity index (χ1) is 10.0. The molecule has 0 radical (unpaired) electrons. The van der Waals surface area contributed by atoms with Gasteiger partial charge in [0, 0.05) is 23.4 Å². The van der Waals surface area contributed by atoms with E-state index < -0.39 is 4.92 Å². The molecule has 21 heavy (non-hydrogen) atoms. The number of rotatable bonds is 5. The number of nitrogens with zero attached hydrogens (tertiary/aromatic N) is 1. The first kappa shape index (κ1) is 15.1. The molecule has 0 bridgehead atoms. The highest BCUT2D eigenvalue weighted by molar-refractivity contribution is 9.10. The van der Waals surface area contributed by atoms with Crippen molar-refractivity contribution in [2.24, 2.45) is 0 Å². The lowest BCUT2D eigenvalue weighted by atomic mass is 10.1. The number of benzene rings is 2. The van der Waals surface area contributed by atoms with E-state index in [9.17, 15) is 10.1 Å². The van der Waals surface area contributed by atoms with Crippen molar-refractivity contribution >= 4 is 27.3 Å². The summed E-state index contributed by atoms with van der Waals surface area (Å²) in [6.45, 7) is 0.137. The fraction of sp³-hybridized carbons (Fsp3) is 0.143. The predicted octanol–water partition coefficient (Wildman–Crippen LogP) is 3.53. The molecule has 0 spiro atoms. The zero-order chi connectivity index (χ0) is 15.4. The molecule has 0 heterocycles. The van der Waals surface area contributed by atoms with E-state index in [2.05, 4.69) is 15.9 Å². The smallest absolute Gasteiger partial charge is 0.269 e. The molecule has 0 atom stereocenters. The molecule has 6 nitrogen and oxygen atoms in total. The van der Waals surface area contributed by atoms with Crippen LogP contribution in [-0.4, -0.2) is 12.0 Å². The maximum absolute atomic E-state index is 10.8. The van der Waals surface area contributed by atoms with Crippen molar-refractivity contribution in [3.05, 3.63) is 56.5 Å². The fourth-order valence-corrected chi connectivity index (χ4v) is 2.18. The van der Waals surface area contributed by atoms with Crippen LogP contribution in [0.25, 0.3) is 0 Å². The van der Waals surface area contributed by atoms with Crippen molar-refractivity contribution in [2.75, 3.05) is 12.8 Å². The number of methoxy groups -OCH3 is 1. The first-order valence-corrected chi connectivity index (χ1v) is 6.79.